The van der Waals surface area contributed by atoms with Gasteiger partial charge in [0.05, 0.1) is 25.4 Å². The molecule has 1 aromatic rings. The van der Waals surface area contributed by atoms with E-state index in [0.29, 0.717) is 13.2 Å². The zero-order chi connectivity index (χ0) is 14.8. The van der Waals surface area contributed by atoms with Crippen molar-refractivity contribution in [3.8, 4) is 0 Å². The van der Waals surface area contributed by atoms with Gasteiger partial charge in [0.2, 0.25) is 0 Å². The molecule has 114 valence electrons. The van der Waals surface area contributed by atoms with Gasteiger partial charge < -0.3 is 14.8 Å². The highest BCUT2D eigenvalue weighted by molar-refractivity contribution is 5.92. The Hall–Kier alpha value is -1.73. The van der Waals surface area contributed by atoms with Crippen LogP contribution in [0.25, 0.3) is 0 Å². The second kappa shape index (κ2) is 5.95. The second-order valence-corrected chi connectivity index (χ2v) is 5.48. The van der Waals surface area contributed by atoms with Gasteiger partial charge in [-0.05, 0) is 25.3 Å². The molecule has 1 aliphatic heterocycles. The quantitative estimate of drug-likeness (QED) is 0.820. The molecule has 7 nitrogen and oxygen atoms in total. The number of fused-ring (bicyclic) bond motifs is 1. The van der Waals surface area contributed by atoms with Gasteiger partial charge in [0.25, 0.3) is 11.5 Å². The molecule has 3 atom stereocenters. The van der Waals surface area contributed by atoms with Crippen LogP contribution in [-0.2, 0) is 16.5 Å². The van der Waals surface area contributed by atoms with Crippen molar-refractivity contribution in [3.63, 3.8) is 0 Å². The maximum absolute atomic E-state index is 12.2. The van der Waals surface area contributed by atoms with Gasteiger partial charge in [-0.2, -0.15) is 5.10 Å². The third kappa shape index (κ3) is 3.14. The van der Waals surface area contributed by atoms with E-state index in [4.69, 9.17) is 9.47 Å². The first kappa shape index (κ1) is 14.2. The molecule has 2 aliphatic rings. The summed E-state index contributed by atoms with van der Waals surface area (Å²) < 4.78 is 12.5. The average Bonchev–Trinajstić information content (AvgIpc) is 2.50. The average molecular weight is 293 g/mol. The first-order valence-corrected chi connectivity index (χ1v) is 7.22. The highest BCUT2D eigenvalue weighted by Gasteiger charge is 2.34. The maximum atomic E-state index is 12.2. The zero-order valence-corrected chi connectivity index (χ0v) is 11.9. The van der Waals surface area contributed by atoms with Crippen molar-refractivity contribution >= 4 is 5.91 Å². The molecule has 3 rings (SSSR count). The molecular weight excluding hydrogens is 274 g/mol. The van der Waals surface area contributed by atoms with E-state index in [9.17, 15) is 9.59 Å². The maximum Gasteiger partial charge on any atom is 0.271 e. The first-order valence-electron chi connectivity index (χ1n) is 7.22. The standard InChI is InChI=1S/C14H19N3O4/c1-17-13(18)5-3-10(16-17)14(19)15-9-2-4-11-12(8-9)21-7-6-20-11/h3,5,9,11-12H,2,4,6-8H2,1H3,(H,15,19). The van der Waals surface area contributed by atoms with Crippen LogP contribution in [0.3, 0.4) is 0 Å². The summed E-state index contributed by atoms with van der Waals surface area (Å²) in [5.41, 5.74) is 0.0137. The van der Waals surface area contributed by atoms with Crippen LogP contribution in [0, 0.1) is 0 Å². The highest BCUT2D eigenvalue weighted by atomic mass is 16.6. The van der Waals surface area contributed by atoms with Crippen LogP contribution in [0.4, 0.5) is 0 Å². The summed E-state index contributed by atoms with van der Waals surface area (Å²) in [4.78, 5) is 23.5. The SMILES string of the molecule is Cn1nc(C(=O)NC2CCC3OCCOC3C2)ccc1=O. The number of ether oxygens (including phenoxy) is 2. The van der Waals surface area contributed by atoms with E-state index in [0.717, 1.165) is 23.9 Å². The van der Waals surface area contributed by atoms with Gasteiger partial charge in [0.1, 0.15) is 5.69 Å². The summed E-state index contributed by atoms with van der Waals surface area (Å²) in [5, 5.41) is 6.92. The Morgan fingerprint density at radius 3 is 2.81 bits per heavy atom. The van der Waals surface area contributed by atoms with Gasteiger partial charge in [-0.25, -0.2) is 4.68 Å². The lowest BCUT2D eigenvalue weighted by Gasteiger charge is -2.39. The first-order chi connectivity index (χ1) is 10.1. The Morgan fingerprint density at radius 2 is 2.05 bits per heavy atom. The number of amides is 1. The number of aromatic nitrogens is 2. The minimum Gasteiger partial charge on any atom is -0.373 e. The fourth-order valence-electron chi connectivity index (χ4n) is 2.88. The molecule has 0 aromatic carbocycles. The van der Waals surface area contributed by atoms with Crippen molar-refractivity contribution < 1.29 is 14.3 Å². The predicted molar refractivity (Wildman–Crippen MR) is 74.1 cm³/mol. The van der Waals surface area contributed by atoms with Crippen LogP contribution in [0.5, 0.6) is 0 Å². The molecule has 1 amide bonds. The van der Waals surface area contributed by atoms with Gasteiger partial charge in [0, 0.05) is 19.2 Å². The highest BCUT2D eigenvalue weighted by Crippen LogP contribution is 2.26. The van der Waals surface area contributed by atoms with E-state index >= 15 is 0 Å². The Morgan fingerprint density at radius 1 is 1.29 bits per heavy atom. The molecule has 2 heterocycles. The molecule has 1 aliphatic carbocycles. The van der Waals surface area contributed by atoms with Crippen molar-refractivity contribution in [2.75, 3.05) is 13.2 Å². The van der Waals surface area contributed by atoms with Crippen LogP contribution in [0.15, 0.2) is 16.9 Å². The largest absolute Gasteiger partial charge is 0.373 e. The molecule has 2 fully saturated rings. The van der Waals surface area contributed by atoms with Crippen LogP contribution in [0.1, 0.15) is 29.8 Å². The summed E-state index contributed by atoms with van der Waals surface area (Å²) in [6, 6.07) is 2.85. The lowest BCUT2D eigenvalue weighted by Crippen LogP contribution is -2.49. The molecule has 1 saturated heterocycles. The number of hydrogen-bond donors (Lipinski definition) is 1. The lowest BCUT2D eigenvalue weighted by atomic mass is 9.89. The molecule has 3 unspecified atom stereocenters. The fraction of sp³-hybridized carbons (Fsp3) is 0.643. The molecule has 21 heavy (non-hydrogen) atoms. The summed E-state index contributed by atoms with van der Waals surface area (Å²) in [6.45, 7) is 1.27. The van der Waals surface area contributed by atoms with E-state index in [-0.39, 0.29) is 35.4 Å². The molecule has 1 N–H and O–H groups in total. The molecule has 0 radical (unpaired) electrons. The van der Waals surface area contributed by atoms with E-state index in [1.165, 1.54) is 19.2 Å². The Bertz CT molecular complexity index is 586. The summed E-state index contributed by atoms with van der Waals surface area (Å²) in [7, 11) is 1.53. The Labute approximate surface area is 122 Å². The number of hydrogen-bond acceptors (Lipinski definition) is 5. The number of carbonyl (C=O) groups excluding carboxylic acids is 1. The van der Waals surface area contributed by atoms with E-state index < -0.39 is 0 Å². The van der Waals surface area contributed by atoms with Gasteiger partial charge in [-0.15, -0.1) is 0 Å². The number of nitrogens with zero attached hydrogens (tertiary/aromatic N) is 2. The third-order valence-electron chi connectivity index (χ3n) is 4.01. The van der Waals surface area contributed by atoms with Gasteiger partial charge in [-0.3, -0.25) is 9.59 Å². The van der Waals surface area contributed by atoms with E-state index in [1.54, 1.807) is 0 Å². The van der Waals surface area contributed by atoms with Crippen LogP contribution >= 0.6 is 0 Å². The van der Waals surface area contributed by atoms with Gasteiger partial charge in [0.15, 0.2) is 0 Å². The molecule has 0 bridgehead atoms. The van der Waals surface area contributed by atoms with Crippen molar-refractivity contribution in [1.82, 2.24) is 15.1 Å². The minimum absolute atomic E-state index is 0.0551. The van der Waals surface area contributed by atoms with Gasteiger partial charge >= 0.3 is 0 Å². The van der Waals surface area contributed by atoms with Crippen LogP contribution < -0.4 is 10.9 Å². The molecule has 1 aromatic heterocycles. The normalized spacial score (nSPS) is 28.7. The van der Waals surface area contributed by atoms with Crippen molar-refractivity contribution in [3.05, 3.63) is 28.2 Å². The molecule has 0 spiro atoms. The summed E-state index contributed by atoms with van der Waals surface area (Å²) >= 11 is 0. The van der Waals surface area contributed by atoms with Crippen molar-refractivity contribution in [2.24, 2.45) is 7.05 Å². The monoisotopic (exact) mass is 293 g/mol. The molecular formula is C14H19N3O4. The topological polar surface area (TPSA) is 82.5 Å². The predicted octanol–water partition coefficient (Wildman–Crippen LogP) is -0.153. The molecule has 1 saturated carbocycles. The number of aryl methyl sites for hydroxylation is 1. The van der Waals surface area contributed by atoms with Crippen LogP contribution in [-0.4, -0.2) is 47.2 Å². The Balaban J connectivity index is 1.62. The fourth-order valence-corrected chi connectivity index (χ4v) is 2.88. The number of carbonyl (C=O) groups is 1. The summed E-state index contributed by atoms with van der Waals surface area (Å²) in [5.74, 6) is -0.259. The Kier molecular flexibility index (Phi) is 4.03. The van der Waals surface area contributed by atoms with Crippen LogP contribution in [0.2, 0.25) is 0 Å². The van der Waals surface area contributed by atoms with Gasteiger partial charge in [-0.1, -0.05) is 0 Å². The van der Waals surface area contributed by atoms with Crippen molar-refractivity contribution in [2.45, 2.75) is 37.5 Å². The van der Waals surface area contributed by atoms with E-state index in [1.807, 2.05) is 0 Å². The number of rotatable bonds is 2. The smallest absolute Gasteiger partial charge is 0.271 e. The zero-order valence-electron chi connectivity index (χ0n) is 11.9. The minimum atomic E-state index is -0.259. The number of nitrogens with one attached hydrogen (secondary N) is 1. The summed E-state index contributed by atoms with van der Waals surface area (Å²) in [6.07, 6.45) is 2.72. The van der Waals surface area contributed by atoms with E-state index in [2.05, 4.69) is 10.4 Å². The second-order valence-electron chi connectivity index (χ2n) is 5.48. The lowest BCUT2D eigenvalue weighted by molar-refractivity contribution is -0.157. The third-order valence-corrected chi connectivity index (χ3v) is 4.01. The van der Waals surface area contributed by atoms with Crippen molar-refractivity contribution in [1.29, 1.82) is 0 Å². The molecule has 7 heteroatoms.